The van der Waals surface area contributed by atoms with Crippen LogP contribution in [0.1, 0.15) is 36.1 Å². The number of aryl methyl sites for hydroxylation is 1. The average molecular weight is 360 g/mol. The molecule has 0 aromatic carbocycles. The summed E-state index contributed by atoms with van der Waals surface area (Å²) in [5, 5.41) is 11.6. The number of hydrogen-bond acceptors (Lipinski definition) is 8. The lowest BCUT2D eigenvalue weighted by molar-refractivity contribution is 0.0449. The van der Waals surface area contributed by atoms with E-state index in [2.05, 4.69) is 15.2 Å². The topological polar surface area (TPSA) is 100 Å². The van der Waals surface area contributed by atoms with E-state index < -0.39 is 5.97 Å². The number of thiophene rings is 1. The van der Waals surface area contributed by atoms with E-state index >= 15 is 0 Å². The second kappa shape index (κ2) is 7.84. The number of rotatable bonds is 7. The Morgan fingerprint density at radius 3 is 3.00 bits per heavy atom. The number of nitrogens with zero attached hydrogens (tertiary/aromatic N) is 4. The van der Waals surface area contributed by atoms with Gasteiger partial charge in [0.15, 0.2) is 12.3 Å². The van der Waals surface area contributed by atoms with E-state index in [1.807, 2.05) is 23.8 Å². The van der Waals surface area contributed by atoms with Gasteiger partial charge in [-0.3, -0.25) is 4.79 Å². The number of ether oxygens (including phenoxy) is 1. The zero-order valence-corrected chi connectivity index (χ0v) is 14.4. The van der Waals surface area contributed by atoms with Crippen molar-refractivity contribution in [3.63, 3.8) is 0 Å². The number of carbonyl (C=O) groups excluding carboxylic acids is 1. The number of esters is 1. The zero-order chi connectivity index (χ0) is 17.6. The van der Waals surface area contributed by atoms with Crippen molar-refractivity contribution in [1.29, 1.82) is 0 Å². The minimum Gasteiger partial charge on any atom is -0.453 e. The van der Waals surface area contributed by atoms with Crippen molar-refractivity contribution in [2.45, 2.75) is 32.9 Å². The molecular weight excluding hydrogens is 344 g/mol. The van der Waals surface area contributed by atoms with Crippen LogP contribution in [0.4, 0.5) is 0 Å². The molecule has 0 aliphatic heterocycles. The van der Waals surface area contributed by atoms with Gasteiger partial charge in [0.25, 0.3) is 11.4 Å². The van der Waals surface area contributed by atoms with Gasteiger partial charge in [-0.15, -0.1) is 0 Å². The van der Waals surface area contributed by atoms with E-state index in [1.54, 1.807) is 0 Å². The molecule has 0 radical (unpaired) electrons. The van der Waals surface area contributed by atoms with Crippen LogP contribution in [-0.2, 0) is 17.9 Å². The van der Waals surface area contributed by atoms with Crippen LogP contribution in [-0.4, -0.2) is 25.9 Å². The Bertz CT molecular complexity index is 901. The van der Waals surface area contributed by atoms with Gasteiger partial charge in [0, 0.05) is 18.0 Å². The van der Waals surface area contributed by atoms with Crippen LogP contribution in [0.5, 0.6) is 0 Å². The SMILES string of the molecule is CCCCn1nc(C(=O)OCc2noc(-c3ccsc3)n2)ccc1=O. The summed E-state index contributed by atoms with van der Waals surface area (Å²) in [7, 11) is 0. The lowest BCUT2D eigenvalue weighted by Gasteiger charge is -2.05. The van der Waals surface area contributed by atoms with Gasteiger partial charge in [0.1, 0.15) is 0 Å². The normalized spacial score (nSPS) is 10.8. The molecule has 0 atom stereocenters. The first-order valence-corrected chi connectivity index (χ1v) is 8.72. The summed E-state index contributed by atoms with van der Waals surface area (Å²) in [4.78, 5) is 28.0. The molecule has 9 heteroatoms. The van der Waals surface area contributed by atoms with Gasteiger partial charge >= 0.3 is 5.97 Å². The van der Waals surface area contributed by atoms with E-state index in [1.165, 1.54) is 28.2 Å². The fourth-order valence-electron chi connectivity index (χ4n) is 2.05. The summed E-state index contributed by atoms with van der Waals surface area (Å²) < 4.78 is 11.5. The third kappa shape index (κ3) is 4.18. The molecule has 0 unspecified atom stereocenters. The summed E-state index contributed by atoms with van der Waals surface area (Å²) in [6.45, 7) is 2.34. The molecule has 0 saturated heterocycles. The molecule has 0 bridgehead atoms. The maximum Gasteiger partial charge on any atom is 0.359 e. The van der Waals surface area contributed by atoms with Gasteiger partial charge in [0.05, 0.1) is 5.56 Å². The number of aromatic nitrogens is 4. The van der Waals surface area contributed by atoms with Crippen molar-refractivity contribution >= 4 is 17.3 Å². The van der Waals surface area contributed by atoms with E-state index in [-0.39, 0.29) is 23.7 Å². The average Bonchev–Trinajstić information content (AvgIpc) is 3.30. The first kappa shape index (κ1) is 17.0. The fourth-order valence-corrected chi connectivity index (χ4v) is 2.68. The van der Waals surface area contributed by atoms with E-state index in [0.717, 1.165) is 18.4 Å². The molecule has 0 spiro atoms. The highest BCUT2D eigenvalue weighted by Gasteiger charge is 2.14. The number of carbonyl (C=O) groups is 1. The standard InChI is InChI=1S/C16H16N4O4S/c1-2-3-7-20-14(21)5-4-12(18-20)16(22)23-9-13-17-15(24-19-13)11-6-8-25-10-11/h4-6,8,10H,2-3,7,9H2,1H3. The van der Waals surface area contributed by atoms with Gasteiger partial charge < -0.3 is 9.26 Å². The van der Waals surface area contributed by atoms with Gasteiger partial charge in [-0.2, -0.15) is 21.4 Å². The fraction of sp³-hybridized carbons (Fsp3) is 0.312. The molecule has 130 valence electrons. The Hall–Kier alpha value is -2.81. The van der Waals surface area contributed by atoms with Crippen LogP contribution in [0.3, 0.4) is 0 Å². The van der Waals surface area contributed by atoms with E-state index in [9.17, 15) is 9.59 Å². The van der Waals surface area contributed by atoms with Crippen molar-refractivity contribution in [3.05, 3.63) is 50.8 Å². The van der Waals surface area contributed by atoms with Gasteiger partial charge in [0.2, 0.25) is 5.82 Å². The molecule has 0 aliphatic carbocycles. The maximum absolute atomic E-state index is 12.1. The maximum atomic E-state index is 12.1. The van der Waals surface area contributed by atoms with Gasteiger partial charge in [-0.05, 0) is 23.9 Å². The number of unbranched alkanes of at least 4 members (excludes halogenated alkanes) is 1. The molecular formula is C16H16N4O4S. The molecule has 8 nitrogen and oxygen atoms in total. The molecule has 3 aromatic heterocycles. The van der Waals surface area contributed by atoms with Crippen LogP contribution >= 0.6 is 11.3 Å². The highest BCUT2D eigenvalue weighted by molar-refractivity contribution is 7.08. The highest BCUT2D eigenvalue weighted by Crippen LogP contribution is 2.19. The molecule has 3 rings (SSSR count). The quantitative estimate of drug-likeness (QED) is 0.597. The van der Waals surface area contributed by atoms with E-state index in [4.69, 9.17) is 9.26 Å². The van der Waals surface area contributed by atoms with Crippen LogP contribution < -0.4 is 5.56 Å². The predicted molar refractivity (Wildman–Crippen MR) is 90.1 cm³/mol. The summed E-state index contributed by atoms with van der Waals surface area (Å²) in [6.07, 6.45) is 1.73. The van der Waals surface area contributed by atoms with Crippen LogP contribution in [0, 0.1) is 0 Å². The lowest BCUT2D eigenvalue weighted by atomic mass is 10.3. The van der Waals surface area contributed by atoms with Crippen molar-refractivity contribution in [3.8, 4) is 11.5 Å². The smallest absolute Gasteiger partial charge is 0.359 e. The van der Waals surface area contributed by atoms with Crippen LogP contribution in [0.25, 0.3) is 11.5 Å². The van der Waals surface area contributed by atoms with Gasteiger partial charge in [-0.25, -0.2) is 9.48 Å². The molecule has 25 heavy (non-hydrogen) atoms. The zero-order valence-electron chi connectivity index (χ0n) is 13.5. The summed E-state index contributed by atoms with van der Waals surface area (Å²) in [6, 6.07) is 4.51. The summed E-state index contributed by atoms with van der Waals surface area (Å²) in [5.41, 5.74) is 0.639. The minimum absolute atomic E-state index is 0.0669. The largest absolute Gasteiger partial charge is 0.453 e. The molecule has 0 N–H and O–H groups in total. The minimum atomic E-state index is -0.646. The Morgan fingerprint density at radius 2 is 2.24 bits per heavy atom. The Morgan fingerprint density at radius 1 is 1.36 bits per heavy atom. The third-order valence-corrected chi connectivity index (χ3v) is 4.05. The summed E-state index contributed by atoms with van der Waals surface area (Å²) >= 11 is 1.52. The summed E-state index contributed by atoms with van der Waals surface area (Å²) in [5.74, 6) is -0.0143. The Balaban J connectivity index is 1.64. The van der Waals surface area contributed by atoms with Crippen molar-refractivity contribution in [2.75, 3.05) is 0 Å². The molecule has 0 aliphatic rings. The monoisotopic (exact) mass is 360 g/mol. The van der Waals surface area contributed by atoms with E-state index in [0.29, 0.717) is 12.4 Å². The number of hydrogen-bond donors (Lipinski definition) is 0. The lowest BCUT2D eigenvalue weighted by Crippen LogP contribution is -2.25. The molecule has 0 saturated carbocycles. The van der Waals surface area contributed by atoms with Crippen molar-refractivity contribution in [1.82, 2.24) is 19.9 Å². The second-order valence-corrected chi connectivity index (χ2v) is 6.02. The van der Waals surface area contributed by atoms with Crippen molar-refractivity contribution in [2.24, 2.45) is 0 Å². The highest BCUT2D eigenvalue weighted by atomic mass is 32.1. The predicted octanol–water partition coefficient (Wildman–Crippen LogP) is 2.51. The Kier molecular flexibility index (Phi) is 5.34. The van der Waals surface area contributed by atoms with Crippen LogP contribution in [0.15, 0.2) is 38.3 Å². The first-order chi connectivity index (χ1) is 12.2. The molecule has 3 heterocycles. The molecule has 3 aromatic rings. The Labute approximate surface area is 147 Å². The van der Waals surface area contributed by atoms with Gasteiger partial charge in [-0.1, -0.05) is 18.5 Å². The molecule has 0 amide bonds. The second-order valence-electron chi connectivity index (χ2n) is 5.24. The van der Waals surface area contributed by atoms with Crippen LogP contribution in [0.2, 0.25) is 0 Å². The van der Waals surface area contributed by atoms with Crippen molar-refractivity contribution < 1.29 is 14.1 Å². The molecule has 0 fully saturated rings. The first-order valence-electron chi connectivity index (χ1n) is 7.78. The third-order valence-electron chi connectivity index (χ3n) is 3.37.